The number of carbonyl (C=O) groups is 1. The lowest BCUT2D eigenvalue weighted by Gasteiger charge is -2.26. The molecule has 1 aliphatic carbocycles. The molecule has 1 atom stereocenters. The Balaban J connectivity index is 1.74. The van der Waals surface area contributed by atoms with Crippen molar-refractivity contribution in [1.82, 2.24) is 9.88 Å². The average Bonchev–Trinajstić information content (AvgIpc) is 2.74. The molecule has 0 saturated heterocycles. The molecule has 0 bridgehead atoms. The predicted octanol–water partition coefficient (Wildman–Crippen LogP) is 3.84. The van der Waals surface area contributed by atoms with E-state index in [9.17, 15) is 9.59 Å². The third-order valence-corrected chi connectivity index (χ3v) is 5.55. The number of pyridine rings is 1. The fourth-order valence-corrected chi connectivity index (χ4v) is 4.07. The molecule has 1 heterocycles. The summed E-state index contributed by atoms with van der Waals surface area (Å²) >= 11 is 0. The van der Waals surface area contributed by atoms with Crippen LogP contribution in [-0.4, -0.2) is 17.6 Å². The molecule has 5 heteroatoms. The SMILES string of the molecule is CCn1cc(C(=O)N[C@H]2CCCc3ccccc32)c(=O)c2cc(OC)ccc21. The van der Waals surface area contributed by atoms with Gasteiger partial charge >= 0.3 is 0 Å². The minimum atomic E-state index is -0.321. The Morgan fingerprint density at radius 2 is 2.07 bits per heavy atom. The molecule has 1 aromatic heterocycles. The molecule has 0 saturated carbocycles. The van der Waals surface area contributed by atoms with Crippen LogP contribution in [0.1, 0.15) is 47.3 Å². The fourth-order valence-electron chi connectivity index (χ4n) is 4.07. The number of aryl methyl sites for hydroxylation is 2. The van der Waals surface area contributed by atoms with Crippen molar-refractivity contribution in [2.45, 2.75) is 38.8 Å². The molecule has 0 radical (unpaired) electrons. The van der Waals surface area contributed by atoms with Gasteiger partial charge in [-0.2, -0.15) is 0 Å². The summed E-state index contributed by atoms with van der Waals surface area (Å²) in [6, 6.07) is 13.5. The van der Waals surface area contributed by atoms with Crippen molar-refractivity contribution < 1.29 is 9.53 Å². The zero-order valence-electron chi connectivity index (χ0n) is 16.2. The molecule has 0 spiro atoms. The van der Waals surface area contributed by atoms with Crippen molar-refractivity contribution in [2.24, 2.45) is 0 Å². The Labute approximate surface area is 163 Å². The van der Waals surface area contributed by atoms with Crippen LogP contribution in [-0.2, 0) is 13.0 Å². The Hall–Kier alpha value is -3.08. The Morgan fingerprint density at radius 1 is 1.25 bits per heavy atom. The minimum Gasteiger partial charge on any atom is -0.497 e. The lowest BCUT2D eigenvalue weighted by atomic mass is 9.87. The number of ether oxygens (including phenoxy) is 1. The maximum atomic E-state index is 13.1. The lowest BCUT2D eigenvalue weighted by Crippen LogP contribution is -2.34. The fraction of sp³-hybridized carbons (Fsp3) is 0.304. The summed E-state index contributed by atoms with van der Waals surface area (Å²) in [6.45, 7) is 2.66. The van der Waals surface area contributed by atoms with Crippen LogP contribution in [0.25, 0.3) is 10.9 Å². The first kappa shape index (κ1) is 18.3. The van der Waals surface area contributed by atoms with Gasteiger partial charge in [-0.1, -0.05) is 24.3 Å². The highest BCUT2D eigenvalue weighted by Gasteiger charge is 2.24. The number of aromatic nitrogens is 1. The summed E-state index contributed by atoms with van der Waals surface area (Å²) in [5.74, 6) is 0.282. The molecule has 0 unspecified atom stereocenters. The Kier molecular flexibility index (Phi) is 4.90. The van der Waals surface area contributed by atoms with Gasteiger partial charge in [-0.05, 0) is 55.5 Å². The summed E-state index contributed by atoms with van der Waals surface area (Å²) in [5, 5.41) is 3.59. The molecule has 0 fully saturated rings. The second kappa shape index (κ2) is 7.50. The molecule has 3 aromatic rings. The van der Waals surface area contributed by atoms with Crippen molar-refractivity contribution in [1.29, 1.82) is 0 Å². The highest BCUT2D eigenvalue weighted by atomic mass is 16.5. The van der Waals surface area contributed by atoms with Gasteiger partial charge in [0, 0.05) is 12.7 Å². The molecule has 1 N–H and O–H groups in total. The predicted molar refractivity (Wildman–Crippen MR) is 110 cm³/mol. The zero-order chi connectivity index (χ0) is 19.7. The molecule has 5 nitrogen and oxygen atoms in total. The number of carbonyl (C=O) groups excluding carboxylic acids is 1. The highest BCUT2D eigenvalue weighted by molar-refractivity contribution is 5.97. The van der Waals surface area contributed by atoms with E-state index in [0.29, 0.717) is 17.7 Å². The van der Waals surface area contributed by atoms with Crippen molar-refractivity contribution in [2.75, 3.05) is 7.11 Å². The van der Waals surface area contributed by atoms with Gasteiger partial charge in [0.2, 0.25) is 5.43 Å². The lowest BCUT2D eigenvalue weighted by molar-refractivity contribution is 0.0931. The normalized spacial score (nSPS) is 15.9. The first-order valence-corrected chi connectivity index (χ1v) is 9.72. The first-order chi connectivity index (χ1) is 13.6. The average molecular weight is 376 g/mol. The van der Waals surface area contributed by atoms with Crippen LogP contribution in [0.4, 0.5) is 0 Å². The van der Waals surface area contributed by atoms with Crippen molar-refractivity contribution in [3.63, 3.8) is 0 Å². The molecular formula is C23H24N2O3. The van der Waals surface area contributed by atoms with E-state index >= 15 is 0 Å². The summed E-state index contributed by atoms with van der Waals surface area (Å²) in [6.07, 6.45) is 4.60. The standard InChI is InChI=1S/C23H24N2O3/c1-3-25-14-19(22(26)18-13-16(28-2)11-12-21(18)25)23(27)24-20-10-6-8-15-7-4-5-9-17(15)20/h4-5,7,9,11-14,20H,3,6,8,10H2,1-2H3,(H,24,27)/t20-/m0/s1. The highest BCUT2D eigenvalue weighted by Crippen LogP contribution is 2.29. The van der Waals surface area contributed by atoms with Gasteiger partial charge < -0.3 is 14.6 Å². The molecule has 1 aliphatic rings. The molecule has 0 aliphatic heterocycles. The van der Waals surface area contributed by atoms with E-state index in [-0.39, 0.29) is 22.9 Å². The first-order valence-electron chi connectivity index (χ1n) is 9.72. The molecule has 2 aromatic carbocycles. The smallest absolute Gasteiger partial charge is 0.257 e. The third-order valence-electron chi connectivity index (χ3n) is 5.55. The quantitative estimate of drug-likeness (QED) is 0.753. The van der Waals surface area contributed by atoms with E-state index in [4.69, 9.17) is 4.74 Å². The van der Waals surface area contributed by atoms with Crippen molar-refractivity contribution in [3.8, 4) is 5.75 Å². The van der Waals surface area contributed by atoms with Gasteiger partial charge in [0.25, 0.3) is 5.91 Å². The van der Waals surface area contributed by atoms with Crippen LogP contribution < -0.4 is 15.5 Å². The van der Waals surface area contributed by atoms with Crippen LogP contribution >= 0.6 is 0 Å². The van der Waals surface area contributed by atoms with Crippen molar-refractivity contribution >= 4 is 16.8 Å². The van der Waals surface area contributed by atoms with E-state index in [1.807, 2.05) is 35.8 Å². The largest absolute Gasteiger partial charge is 0.497 e. The van der Waals surface area contributed by atoms with Gasteiger partial charge in [0.1, 0.15) is 11.3 Å². The van der Waals surface area contributed by atoms with Gasteiger partial charge in [-0.15, -0.1) is 0 Å². The van der Waals surface area contributed by atoms with E-state index < -0.39 is 0 Å². The maximum absolute atomic E-state index is 13.1. The van der Waals surface area contributed by atoms with E-state index in [1.165, 1.54) is 5.56 Å². The number of nitrogens with zero attached hydrogens (tertiary/aromatic N) is 1. The summed E-state index contributed by atoms with van der Waals surface area (Å²) in [4.78, 5) is 26.1. The van der Waals surface area contributed by atoms with Crippen LogP contribution in [0.2, 0.25) is 0 Å². The summed E-state index contributed by atoms with van der Waals surface area (Å²) in [7, 11) is 1.57. The number of amides is 1. The number of hydrogen-bond acceptors (Lipinski definition) is 3. The number of rotatable bonds is 4. The Bertz CT molecular complexity index is 1100. The minimum absolute atomic E-state index is 0.0621. The van der Waals surface area contributed by atoms with Crippen LogP contribution in [0.15, 0.2) is 53.5 Å². The van der Waals surface area contributed by atoms with Crippen LogP contribution in [0.5, 0.6) is 5.75 Å². The van der Waals surface area contributed by atoms with E-state index in [1.54, 1.807) is 19.4 Å². The van der Waals surface area contributed by atoms with Crippen molar-refractivity contribution in [3.05, 3.63) is 75.6 Å². The zero-order valence-corrected chi connectivity index (χ0v) is 16.2. The van der Waals surface area contributed by atoms with Gasteiger partial charge in [0.05, 0.1) is 24.1 Å². The number of methoxy groups -OCH3 is 1. The number of fused-ring (bicyclic) bond motifs is 2. The van der Waals surface area contributed by atoms with Gasteiger partial charge in [-0.25, -0.2) is 0 Å². The van der Waals surface area contributed by atoms with Crippen LogP contribution in [0.3, 0.4) is 0 Å². The molecular weight excluding hydrogens is 352 g/mol. The molecule has 4 rings (SSSR count). The second-order valence-electron chi connectivity index (χ2n) is 7.16. The van der Waals surface area contributed by atoms with E-state index in [2.05, 4.69) is 17.4 Å². The third kappa shape index (κ3) is 3.17. The maximum Gasteiger partial charge on any atom is 0.257 e. The summed E-state index contributed by atoms with van der Waals surface area (Å²) < 4.78 is 7.19. The van der Waals surface area contributed by atoms with Gasteiger partial charge in [-0.3, -0.25) is 9.59 Å². The number of hydrogen-bond donors (Lipinski definition) is 1. The number of benzene rings is 2. The monoisotopic (exact) mass is 376 g/mol. The molecule has 144 valence electrons. The topological polar surface area (TPSA) is 60.3 Å². The van der Waals surface area contributed by atoms with E-state index in [0.717, 1.165) is 30.3 Å². The van der Waals surface area contributed by atoms with Crippen LogP contribution in [0, 0.1) is 0 Å². The number of nitrogens with one attached hydrogen (secondary N) is 1. The molecule has 28 heavy (non-hydrogen) atoms. The Morgan fingerprint density at radius 3 is 2.86 bits per heavy atom. The van der Waals surface area contributed by atoms with Gasteiger partial charge in [0.15, 0.2) is 0 Å². The molecule has 1 amide bonds. The summed E-state index contributed by atoms with van der Waals surface area (Å²) in [5.41, 5.74) is 3.13. The second-order valence-corrected chi connectivity index (χ2v) is 7.16.